The number of para-hydroxylation sites is 1. The fourth-order valence-corrected chi connectivity index (χ4v) is 2.00. The third kappa shape index (κ3) is 3.49. The van der Waals surface area contributed by atoms with Crippen molar-refractivity contribution in [2.45, 2.75) is 46.0 Å². The Labute approximate surface area is 105 Å². The lowest BCUT2D eigenvalue weighted by Crippen LogP contribution is -2.08. The van der Waals surface area contributed by atoms with E-state index >= 15 is 0 Å². The molecule has 0 bridgehead atoms. The van der Waals surface area contributed by atoms with Gasteiger partial charge in [0.25, 0.3) is 0 Å². The van der Waals surface area contributed by atoms with Gasteiger partial charge in [0.1, 0.15) is 0 Å². The number of hydrogen-bond acceptors (Lipinski definition) is 2. The maximum atomic E-state index is 8.61. The van der Waals surface area contributed by atoms with E-state index in [0.29, 0.717) is 18.3 Å². The Morgan fingerprint density at radius 1 is 1.12 bits per heavy atom. The van der Waals surface area contributed by atoms with E-state index in [1.54, 1.807) is 0 Å². The van der Waals surface area contributed by atoms with Gasteiger partial charge in [0.05, 0.1) is 12.5 Å². The molecular formula is C15H22N2. The smallest absolute Gasteiger partial charge is 0.0640 e. The first-order valence-electron chi connectivity index (χ1n) is 6.31. The average Bonchev–Trinajstić information content (AvgIpc) is 2.28. The summed E-state index contributed by atoms with van der Waals surface area (Å²) in [6.07, 6.45) is 0.546. The molecule has 1 rings (SSSR count). The molecule has 0 heterocycles. The molecule has 17 heavy (non-hydrogen) atoms. The summed E-state index contributed by atoms with van der Waals surface area (Å²) in [6, 6.07) is 8.64. The molecular weight excluding hydrogens is 208 g/mol. The average molecular weight is 230 g/mol. The summed E-state index contributed by atoms with van der Waals surface area (Å²) in [5, 5.41) is 12.0. The van der Waals surface area contributed by atoms with Crippen molar-refractivity contribution in [1.82, 2.24) is 0 Å². The summed E-state index contributed by atoms with van der Waals surface area (Å²) in [6.45, 7) is 9.54. The van der Waals surface area contributed by atoms with Gasteiger partial charge < -0.3 is 5.32 Å². The van der Waals surface area contributed by atoms with E-state index in [-0.39, 0.29) is 0 Å². The first-order chi connectivity index (χ1) is 8.07. The highest BCUT2D eigenvalue weighted by Gasteiger charge is 2.12. The zero-order valence-electron chi connectivity index (χ0n) is 11.2. The summed E-state index contributed by atoms with van der Waals surface area (Å²) >= 11 is 0. The Kier molecular flexibility index (Phi) is 5.03. The molecule has 2 nitrogen and oxygen atoms in total. The molecule has 0 atom stereocenters. The van der Waals surface area contributed by atoms with Crippen LogP contribution in [0.25, 0.3) is 0 Å². The molecule has 0 aliphatic rings. The SMILES string of the molecule is CC(C)c1cccc(C(C)C)c1NCCC#N. The maximum absolute atomic E-state index is 8.61. The van der Waals surface area contributed by atoms with Gasteiger partial charge in [-0.3, -0.25) is 0 Å². The molecule has 0 radical (unpaired) electrons. The lowest BCUT2D eigenvalue weighted by molar-refractivity contribution is 0.832. The van der Waals surface area contributed by atoms with Gasteiger partial charge in [-0.2, -0.15) is 5.26 Å². The Bertz CT molecular complexity index is 374. The van der Waals surface area contributed by atoms with Crippen molar-refractivity contribution in [3.63, 3.8) is 0 Å². The molecule has 1 aromatic carbocycles. The van der Waals surface area contributed by atoms with Crippen LogP contribution in [0.5, 0.6) is 0 Å². The molecule has 0 saturated heterocycles. The van der Waals surface area contributed by atoms with Crippen LogP contribution in [0.3, 0.4) is 0 Å². The Hall–Kier alpha value is -1.49. The quantitative estimate of drug-likeness (QED) is 0.767. The molecule has 0 aliphatic carbocycles. The van der Waals surface area contributed by atoms with Gasteiger partial charge in [-0.25, -0.2) is 0 Å². The minimum absolute atomic E-state index is 0.498. The normalized spacial score (nSPS) is 10.6. The number of nitrogens with one attached hydrogen (secondary N) is 1. The summed E-state index contributed by atoms with van der Waals surface area (Å²) in [4.78, 5) is 0. The number of nitriles is 1. The lowest BCUT2D eigenvalue weighted by Gasteiger charge is -2.20. The van der Waals surface area contributed by atoms with E-state index in [9.17, 15) is 0 Å². The van der Waals surface area contributed by atoms with Gasteiger partial charge >= 0.3 is 0 Å². The van der Waals surface area contributed by atoms with Crippen molar-refractivity contribution in [2.24, 2.45) is 0 Å². The highest BCUT2D eigenvalue weighted by molar-refractivity contribution is 5.60. The predicted molar refractivity (Wildman–Crippen MR) is 73.3 cm³/mol. The molecule has 0 spiro atoms. The van der Waals surface area contributed by atoms with Crippen LogP contribution in [0.2, 0.25) is 0 Å². The monoisotopic (exact) mass is 230 g/mol. The van der Waals surface area contributed by atoms with Crippen molar-refractivity contribution in [3.05, 3.63) is 29.3 Å². The number of hydrogen-bond donors (Lipinski definition) is 1. The number of nitrogens with zero attached hydrogens (tertiary/aromatic N) is 1. The van der Waals surface area contributed by atoms with E-state index in [0.717, 1.165) is 6.54 Å². The Morgan fingerprint density at radius 2 is 1.65 bits per heavy atom. The fourth-order valence-electron chi connectivity index (χ4n) is 2.00. The second kappa shape index (κ2) is 6.30. The predicted octanol–water partition coefficient (Wildman–Crippen LogP) is 4.26. The lowest BCUT2D eigenvalue weighted by atomic mass is 9.92. The van der Waals surface area contributed by atoms with Crippen LogP contribution < -0.4 is 5.32 Å². The van der Waals surface area contributed by atoms with Gasteiger partial charge in [0, 0.05) is 12.2 Å². The molecule has 0 saturated carbocycles. The van der Waals surface area contributed by atoms with E-state index < -0.39 is 0 Å². The zero-order chi connectivity index (χ0) is 12.8. The van der Waals surface area contributed by atoms with Crippen LogP contribution in [-0.4, -0.2) is 6.54 Å². The minimum Gasteiger partial charge on any atom is -0.384 e. The van der Waals surface area contributed by atoms with Gasteiger partial charge in [-0.05, 0) is 23.0 Å². The van der Waals surface area contributed by atoms with E-state index in [1.807, 2.05) is 0 Å². The second-order valence-electron chi connectivity index (χ2n) is 4.96. The standard InChI is InChI=1S/C15H22N2/c1-11(2)13-7-5-8-14(12(3)4)15(13)17-10-6-9-16/h5,7-8,11-12,17H,6,10H2,1-4H3. The highest BCUT2D eigenvalue weighted by atomic mass is 14.9. The van der Waals surface area contributed by atoms with Gasteiger partial charge in [-0.1, -0.05) is 45.9 Å². The third-order valence-electron chi connectivity index (χ3n) is 2.91. The molecule has 0 aromatic heterocycles. The molecule has 0 amide bonds. The van der Waals surface area contributed by atoms with Crippen LogP contribution in [0.1, 0.15) is 57.1 Å². The van der Waals surface area contributed by atoms with Crippen molar-refractivity contribution in [2.75, 3.05) is 11.9 Å². The second-order valence-corrected chi connectivity index (χ2v) is 4.96. The largest absolute Gasteiger partial charge is 0.384 e. The van der Waals surface area contributed by atoms with Crippen LogP contribution >= 0.6 is 0 Å². The topological polar surface area (TPSA) is 35.8 Å². The molecule has 1 N–H and O–H groups in total. The third-order valence-corrected chi connectivity index (χ3v) is 2.91. The maximum Gasteiger partial charge on any atom is 0.0640 e. The number of anilines is 1. The van der Waals surface area contributed by atoms with Gasteiger partial charge in [0.2, 0.25) is 0 Å². The van der Waals surface area contributed by atoms with Crippen LogP contribution in [0.15, 0.2) is 18.2 Å². The Morgan fingerprint density at radius 3 is 2.06 bits per heavy atom. The van der Waals surface area contributed by atoms with E-state index in [2.05, 4.69) is 57.3 Å². The van der Waals surface area contributed by atoms with Crippen molar-refractivity contribution < 1.29 is 0 Å². The summed E-state index contributed by atoms with van der Waals surface area (Å²) < 4.78 is 0. The van der Waals surface area contributed by atoms with Crippen LogP contribution in [0, 0.1) is 11.3 Å². The van der Waals surface area contributed by atoms with Gasteiger partial charge in [-0.15, -0.1) is 0 Å². The van der Waals surface area contributed by atoms with Crippen LogP contribution in [0.4, 0.5) is 5.69 Å². The van der Waals surface area contributed by atoms with E-state index in [1.165, 1.54) is 16.8 Å². The van der Waals surface area contributed by atoms with E-state index in [4.69, 9.17) is 5.26 Å². The van der Waals surface area contributed by atoms with Gasteiger partial charge in [0.15, 0.2) is 0 Å². The Balaban J connectivity index is 3.06. The van der Waals surface area contributed by atoms with Crippen molar-refractivity contribution >= 4 is 5.69 Å². The van der Waals surface area contributed by atoms with Crippen LogP contribution in [-0.2, 0) is 0 Å². The first-order valence-corrected chi connectivity index (χ1v) is 6.31. The molecule has 1 aromatic rings. The molecule has 0 aliphatic heterocycles. The number of benzene rings is 1. The summed E-state index contributed by atoms with van der Waals surface area (Å²) in [7, 11) is 0. The summed E-state index contributed by atoms with van der Waals surface area (Å²) in [5.74, 6) is 0.997. The first kappa shape index (κ1) is 13.6. The fraction of sp³-hybridized carbons (Fsp3) is 0.533. The number of rotatable bonds is 5. The minimum atomic E-state index is 0.498. The molecule has 2 heteroatoms. The highest BCUT2D eigenvalue weighted by Crippen LogP contribution is 2.32. The molecule has 0 unspecified atom stereocenters. The van der Waals surface area contributed by atoms with Crippen molar-refractivity contribution in [1.29, 1.82) is 5.26 Å². The summed E-state index contributed by atoms with van der Waals surface area (Å²) in [5.41, 5.74) is 3.91. The molecule has 0 fully saturated rings. The molecule has 92 valence electrons. The zero-order valence-corrected chi connectivity index (χ0v) is 11.2. The van der Waals surface area contributed by atoms with Crippen molar-refractivity contribution in [3.8, 4) is 6.07 Å².